The first-order valence-corrected chi connectivity index (χ1v) is 4.04. The summed E-state index contributed by atoms with van der Waals surface area (Å²) in [5.41, 5.74) is 0. The van der Waals surface area contributed by atoms with Crippen LogP contribution in [0.2, 0.25) is 5.02 Å². The van der Waals surface area contributed by atoms with Gasteiger partial charge in [-0.25, -0.2) is 0 Å². The third-order valence-corrected chi connectivity index (χ3v) is 1.88. The summed E-state index contributed by atoms with van der Waals surface area (Å²) in [5.74, 6) is -0.357. The molecule has 0 spiro atoms. The zero-order chi connectivity index (χ0) is 10.3. The second-order valence-corrected chi connectivity index (χ2v) is 3.13. The molecule has 0 fully saturated rings. The van der Waals surface area contributed by atoms with E-state index in [9.17, 15) is 13.2 Å². The molecule has 0 saturated carbocycles. The van der Waals surface area contributed by atoms with Gasteiger partial charge in [0.15, 0.2) is 11.5 Å². The highest BCUT2D eigenvalue weighted by molar-refractivity contribution is 6.30. The van der Waals surface area contributed by atoms with Crippen molar-refractivity contribution < 1.29 is 22.6 Å². The van der Waals surface area contributed by atoms with E-state index in [0.717, 1.165) is 0 Å². The van der Waals surface area contributed by atoms with Crippen LogP contribution in [0.4, 0.5) is 13.2 Å². The van der Waals surface area contributed by atoms with E-state index in [-0.39, 0.29) is 16.5 Å². The SMILES string of the molecule is F[C@@H]1Oc2cc(Cl)ccc2OC1(F)F. The average Bonchev–Trinajstić information content (AvgIpc) is 2.08. The second kappa shape index (κ2) is 2.95. The third kappa shape index (κ3) is 1.48. The summed E-state index contributed by atoms with van der Waals surface area (Å²) in [6.07, 6.45) is -6.77. The van der Waals surface area contributed by atoms with Crippen molar-refractivity contribution in [2.45, 2.75) is 12.5 Å². The normalized spacial score (nSPS) is 23.3. The van der Waals surface area contributed by atoms with Gasteiger partial charge in [-0.05, 0) is 12.1 Å². The molecule has 0 amide bonds. The van der Waals surface area contributed by atoms with Gasteiger partial charge in [0, 0.05) is 11.1 Å². The first kappa shape index (κ1) is 9.45. The Morgan fingerprint density at radius 1 is 1.29 bits per heavy atom. The molecule has 0 aromatic heterocycles. The highest BCUT2D eigenvalue weighted by Crippen LogP contribution is 2.41. The highest BCUT2D eigenvalue weighted by atomic mass is 35.5. The molecule has 1 aromatic rings. The monoisotopic (exact) mass is 224 g/mol. The van der Waals surface area contributed by atoms with Crippen LogP contribution in [-0.4, -0.2) is 12.5 Å². The quantitative estimate of drug-likeness (QED) is 0.674. The Kier molecular flexibility index (Phi) is 1.99. The molecule has 2 nitrogen and oxygen atoms in total. The van der Waals surface area contributed by atoms with Gasteiger partial charge in [0.25, 0.3) is 0 Å². The molecule has 0 unspecified atom stereocenters. The van der Waals surface area contributed by atoms with Crippen LogP contribution in [0.25, 0.3) is 0 Å². The molecule has 14 heavy (non-hydrogen) atoms. The summed E-state index contributed by atoms with van der Waals surface area (Å²) in [7, 11) is 0. The topological polar surface area (TPSA) is 18.5 Å². The molecule has 1 heterocycles. The largest absolute Gasteiger partial charge is 0.468 e. The molecular formula is C8H4ClF3O2. The van der Waals surface area contributed by atoms with Crippen molar-refractivity contribution in [2.75, 3.05) is 0 Å². The Morgan fingerprint density at radius 3 is 2.71 bits per heavy atom. The molecule has 1 aliphatic heterocycles. The second-order valence-electron chi connectivity index (χ2n) is 2.69. The predicted octanol–water partition coefficient (Wildman–Crippen LogP) is 3.00. The third-order valence-electron chi connectivity index (χ3n) is 1.65. The molecule has 0 N–H and O–H groups in total. The summed E-state index contributed by atoms with van der Waals surface area (Å²) in [6, 6.07) is 3.74. The Bertz CT molecular complexity index is 370. The number of fused-ring (bicyclic) bond motifs is 1. The van der Waals surface area contributed by atoms with Gasteiger partial charge in [-0.1, -0.05) is 11.6 Å². The lowest BCUT2D eigenvalue weighted by Crippen LogP contribution is -2.43. The van der Waals surface area contributed by atoms with Crippen LogP contribution in [0, 0.1) is 0 Å². The van der Waals surface area contributed by atoms with Crippen molar-refractivity contribution in [3.8, 4) is 11.5 Å². The molecule has 1 aliphatic rings. The van der Waals surface area contributed by atoms with Gasteiger partial charge in [-0.15, -0.1) is 0 Å². The number of benzene rings is 1. The van der Waals surface area contributed by atoms with E-state index in [1.807, 2.05) is 0 Å². The summed E-state index contributed by atoms with van der Waals surface area (Å²) in [5, 5.41) is 0.254. The summed E-state index contributed by atoms with van der Waals surface area (Å²) >= 11 is 5.55. The van der Waals surface area contributed by atoms with Crippen molar-refractivity contribution >= 4 is 11.6 Å². The fraction of sp³-hybridized carbons (Fsp3) is 0.250. The average molecular weight is 225 g/mol. The molecule has 0 bridgehead atoms. The minimum Gasteiger partial charge on any atom is -0.447 e. The molecule has 0 aliphatic carbocycles. The molecular weight excluding hydrogens is 221 g/mol. The van der Waals surface area contributed by atoms with Gasteiger partial charge < -0.3 is 9.47 Å². The molecule has 2 rings (SSSR count). The standard InChI is InChI=1S/C8H4ClF3O2/c9-4-1-2-5-6(3-4)13-7(10)8(11,12)14-5/h1-3,7H/t7-/m1/s1. The van der Waals surface area contributed by atoms with Gasteiger partial charge in [0.1, 0.15) is 0 Å². The maximum atomic E-state index is 12.6. The number of halogens is 4. The van der Waals surface area contributed by atoms with Crippen molar-refractivity contribution in [1.29, 1.82) is 0 Å². The van der Waals surface area contributed by atoms with Crippen LogP contribution >= 0.6 is 11.6 Å². The summed E-state index contributed by atoms with van der Waals surface area (Å²) in [6.45, 7) is 0. The van der Waals surface area contributed by atoms with E-state index >= 15 is 0 Å². The maximum absolute atomic E-state index is 12.6. The Morgan fingerprint density at radius 2 is 2.00 bits per heavy atom. The lowest BCUT2D eigenvalue weighted by atomic mass is 10.3. The van der Waals surface area contributed by atoms with Crippen molar-refractivity contribution in [3.05, 3.63) is 23.2 Å². The van der Waals surface area contributed by atoms with Crippen molar-refractivity contribution in [3.63, 3.8) is 0 Å². The smallest absolute Gasteiger partial charge is 0.447 e. The fourth-order valence-electron chi connectivity index (χ4n) is 1.03. The van der Waals surface area contributed by atoms with Crippen LogP contribution < -0.4 is 9.47 Å². The van der Waals surface area contributed by atoms with E-state index in [1.54, 1.807) is 0 Å². The van der Waals surface area contributed by atoms with Crippen LogP contribution in [0.5, 0.6) is 11.5 Å². The van der Waals surface area contributed by atoms with Crippen LogP contribution in [0.1, 0.15) is 0 Å². The zero-order valence-corrected chi connectivity index (χ0v) is 7.39. The Balaban J connectivity index is 2.41. The zero-order valence-electron chi connectivity index (χ0n) is 6.64. The number of hydrogen-bond donors (Lipinski definition) is 0. The molecule has 0 radical (unpaired) electrons. The minimum atomic E-state index is -3.96. The predicted molar refractivity (Wildman–Crippen MR) is 42.6 cm³/mol. The van der Waals surface area contributed by atoms with E-state index in [1.165, 1.54) is 18.2 Å². The van der Waals surface area contributed by atoms with Gasteiger partial charge in [0.05, 0.1) is 0 Å². The Hall–Kier alpha value is -1.10. The first-order valence-electron chi connectivity index (χ1n) is 3.66. The summed E-state index contributed by atoms with van der Waals surface area (Å²) in [4.78, 5) is 0. The van der Waals surface area contributed by atoms with Crippen LogP contribution in [0.3, 0.4) is 0 Å². The Labute approximate surface area is 82.2 Å². The molecule has 6 heteroatoms. The minimum absolute atomic E-state index is 0.129. The molecule has 1 aromatic carbocycles. The lowest BCUT2D eigenvalue weighted by molar-refractivity contribution is -0.281. The number of alkyl halides is 3. The maximum Gasteiger partial charge on any atom is 0.468 e. The number of rotatable bonds is 0. The fourth-order valence-corrected chi connectivity index (χ4v) is 1.19. The van der Waals surface area contributed by atoms with Gasteiger partial charge in [-0.3, -0.25) is 0 Å². The van der Waals surface area contributed by atoms with Crippen LogP contribution in [-0.2, 0) is 0 Å². The number of hydrogen-bond acceptors (Lipinski definition) is 2. The first-order chi connectivity index (χ1) is 6.49. The van der Waals surface area contributed by atoms with E-state index in [0.29, 0.717) is 0 Å². The summed E-state index contributed by atoms with van der Waals surface area (Å²) < 4.78 is 46.3. The number of ether oxygens (including phenoxy) is 2. The van der Waals surface area contributed by atoms with Gasteiger partial charge in [-0.2, -0.15) is 13.2 Å². The van der Waals surface area contributed by atoms with E-state index in [2.05, 4.69) is 9.47 Å². The van der Waals surface area contributed by atoms with Gasteiger partial charge in [0.2, 0.25) is 0 Å². The highest BCUT2D eigenvalue weighted by Gasteiger charge is 2.49. The molecule has 0 saturated heterocycles. The lowest BCUT2D eigenvalue weighted by Gasteiger charge is -2.28. The van der Waals surface area contributed by atoms with Gasteiger partial charge >= 0.3 is 12.5 Å². The van der Waals surface area contributed by atoms with E-state index < -0.39 is 12.5 Å². The van der Waals surface area contributed by atoms with Crippen molar-refractivity contribution in [2.24, 2.45) is 0 Å². The molecule has 76 valence electrons. The molecule has 1 atom stereocenters. The van der Waals surface area contributed by atoms with Crippen LogP contribution in [0.15, 0.2) is 18.2 Å². The van der Waals surface area contributed by atoms with Crippen molar-refractivity contribution in [1.82, 2.24) is 0 Å². The van der Waals surface area contributed by atoms with E-state index in [4.69, 9.17) is 11.6 Å².